The summed E-state index contributed by atoms with van der Waals surface area (Å²) in [6.45, 7) is 1.90. The van der Waals surface area contributed by atoms with E-state index in [0.717, 1.165) is 0 Å². The van der Waals surface area contributed by atoms with Crippen LogP contribution in [0.4, 0.5) is 10.6 Å². The molecule has 0 aromatic carbocycles. The van der Waals surface area contributed by atoms with Gasteiger partial charge < -0.3 is 20.2 Å². The summed E-state index contributed by atoms with van der Waals surface area (Å²) >= 11 is 0. The van der Waals surface area contributed by atoms with Crippen molar-refractivity contribution in [3.8, 4) is 0 Å². The van der Waals surface area contributed by atoms with E-state index in [2.05, 4.69) is 10.3 Å². The lowest BCUT2D eigenvalue weighted by Gasteiger charge is -2.04. The smallest absolute Gasteiger partial charge is 0.407 e. The molecule has 0 aliphatic rings. The lowest BCUT2D eigenvalue weighted by atomic mass is 10.6. The number of carbonyl (C=O) groups is 1. The third-order valence-electron chi connectivity index (χ3n) is 1.97. The van der Waals surface area contributed by atoms with Crippen molar-refractivity contribution in [1.29, 1.82) is 0 Å². The molecule has 0 aliphatic heterocycles. The van der Waals surface area contributed by atoms with Gasteiger partial charge in [-0.15, -0.1) is 0 Å². The molecule has 1 amide bonds. The molecular weight excluding hydrogens is 216 g/mol. The molecule has 1 N–H and O–H groups in total. The molecule has 1 aromatic heterocycles. The van der Waals surface area contributed by atoms with E-state index < -0.39 is 11.0 Å². The van der Waals surface area contributed by atoms with Crippen LogP contribution < -0.4 is 5.32 Å². The number of rotatable bonds is 4. The first kappa shape index (κ1) is 12.0. The number of nitrogens with zero attached hydrogens (tertiary/aromatic N) is 3. The number of nitro groups is 1. The van der Waals surface area contributed by atoms with Crippen LogP contribution in [-0.2, 0) is 11.3 Å². The van der Waals surface area contributed by atoms with Gasteiger partial charge in [-0.2, -0.15) is 0 Å². The molecule has 0 fully saturated rings. The van der Waals surface area contributed by atoms with Gasteiger partial charge >= 0.3 is 11.9 Å². The Morgan fingerprint density at radius 3 is 3.00 bits per heavy atom. The fraction of sp³-hybridized carbons (Fsp3) is 0.500. The minimum Gasteiger partial charge on any atom is -0.445 e. The number of aryl methyl sites for hydroxylation is 1. The van der Waals surface area contributed by atoms with Gasteiger partial charge in [-0.3, -0.25) is 0 Å². The molecule has 1 heterocycles. The number of amides is 1. The van der Waals surface area contributed by atoms with Crippen molar-refractivity contribution in [1.82, 2.24) is 14.9 Å². The van der Waals surface area contributed by atoms with E-state index in [-0.39, 0.29) is 19.0 Å². The minimum atomic E-state index is -0.569. The predicted molar refractivity (Wildman–Crippen MR) is 54.0 cm³/mol. The molecule has 0 spiro atoms. The molecule has 1 rings (SSSR count). The van der Waals surface area contributed by atoms with Crippen LogP contribution in [0.1, 0.15) is 5.82 Å². The van der Waals surface area contributed by atoms with E-state index in [4.69, 9.17) is 4.74 Å². The Kier molecular flexibility index (Phi) is 3.81. The van der Waals surface area contributed by atoms with E-state index in [1.54, 1.807) is 6.92 Å². The summed E-state index contributed by atoms with van der Waals surface area (Å²) in [5.41, 5.74) is 0. The zero-order chi connectivity index (χ0) is 12.1. The Balaban J connectivity index is 2.62. The first-order valence-corrected chi connectivity index (χ1v) is 4.57. The van der Waals surface area contributed by atoms with Gasteiger partial charge in [0.2, 0.25) is 0 Å². The van der Waals surface area contributed by atoms with Gasteiger partial charge in [-0.25, -0.2) is 14.3 Å². The Morgan fingerprint density at radius 2 is 2.44 bits per heavy atom. The highest BCUT2D eigenvalue weighted by atomic mass is 16.6. The van der Waals surface area contributed by atoms with Crippen molar-refractivity contribution >= 4 is 11.9 Å². The lowest BCUT2D eigenvalue weighted by Crippen LogP contribution is -2.21. The highest BCUT2D eigenvalue weighted by Gasteiger charge is 2.17. The number of aromatic nitrogens is 2. The molecule has 0 saturated heterocycles. The zero-order valence-corrected chi connectivity index (χ0v) is 8.97. The topological polar surface area (TPSA) is 99.3 Å². The maximum atomic E-state index is 10.8. The first-order valence-electron chi connectivity index (χ1n) is 4.57. The van der Waals surface area contributed by atoms with Gasteiger partial charge in [0.15, 0.2) is 5.82 Å². The summed E-state index contributed by atoms with van der Waals surface area (Å²) in [4.78, 5) is 24.7. The van der Waals surface area contributed by atoms with Crippen molar-refractivity contribution in [2.45, 2.75) is 13.5 Å². The molecule has 16 heavy (non-hydrogen) atoms. The maximum absolute atomic E-state index is 10.8. The molecule has 1 aromatic rings. The number of imidazole rings is 1. The summed E-state index contributed by atoms with van der Waals surface area (Å²) in [7, 11) is 1.44. The predicted octanol–water partition coefficient (Wildman–Crippen LogP) is 0.456. The summed E-state index contributed by atoms with van der Waals surface area (Å²) in [5.74, 6) is 0.394. The van der Waals surface area contributed by atoms with Crippen LogP contribution in [0.2, 0.25) is 0 Å². The monoisotopic (exact) mass is 228 g/mol. The third-order valence-corrected chi connectivity index (χ3v) is 1.97. The van der Waals surface area contributed by atoms with Crippen LogP contribution in [0.3, 0.4) is 0 Å². The van der Waals surface area contributed by atoms with Gasteiger partial charge in [-0.1, -0.05) is 0 Å². The Labute approximate surface area is 91.4 Å². The highest BCUT2D eigenvalue weighted by molar-refractivity contribution is 5.66. The second-order valence-corrected chi connectivity index (χ2v) is 2.96. The van der Waals surface area contributed by atoms with Crippen molar-refractivity contribution < 1.29 is 14.5 Å². The Hall–Kier alpha value is -2.12. The molecule has 0 bridgehead atoms. The quantitative estimate of drug-likeness (QED) is 0.596. The second kappa shape index (κ2) is 5.10. The first-order chi connectivity index (χ1) is 7.56. The second-order valence-electron chi connectivity index (χ2n) is 2.96. The van der Waals surface area contributed by atoms with Crippen molar-refractivity contribution in [3.63, 3.8) is 0 Å². The summed E-state index contributed by atoms with van der Waals surface area (Å²) < 4.78 is 6.11. The lowest BCUT2D eigenvalue weighted by molar-refractivity contribution is -0.392. The van der Waals surface area contributed by atoms with E-state index in [1.165, 1.54) is 17.8 Å². The molecule has 8 heteroatoms. The number of hydrogen-bond acceptors (Lipinski definition) is 5. The third kappa shape index (κ3) is 2.69. The average molecular weight is 228 g/mol. The van der Waals surface area contributed by atoms with E-state index in [0.29, 0.717) is 5.82 Å². The molecule has 0 atom stereocenters. The van der Waals surface area contributed by atoms with Gasteiger partial charge in [-0.05, 0) is 4.92 Å². The number of hydrogen-bond donors (Lipinski definition) is 1. The van der Waals surface area contributed by atoms with E-state index >= 15 is 0 Å². The summed E-state index contributed by atoms with van der Waals surface area (Å²) in [5, 5.41) is 12.9. The molecule has 8 nitrogen and oxygen atoms in total. The number of nitrogens with one attached hydrogen (secondary N) is 1. The number of alkyl carbamates (subject to hydrolysis) is 1. The van der Waals surface area contributed by atoms with Crippen LogP contribution in [0, 0.1) is 17.0 Å². The number of ether oxygens (including phenoxy) is 1. The van der Waals surface area contributed by atoms with Crippen LogP contribution in [-0.4, -0.2) is 34.2 Å². The molecular formula is C8H12N4O4. The average Bonchev–Trinajstić information content (AvgIpc) is 2.60. The Morgan fingerprint density at radius 1 is 1.75 bits per heavy atom. The molecule has 0 unspecified atom stereocenters. The van der Waals surface area contributed by atoms with Crippen LogP contribution >= 0.6 is 0 Å². The zero-order valence-electron chi connectivity index (χ0n) is 8.97. The summed E-state index contributed by atoms with van der Waals surface area (Å²) in [6, 6.07) is 0. The minimum absolute atomic E-state index is 0.0533. The van der Waals surface area contributed by atoms with Crippen molar-refractivity contribution in [2.75, 3.05) is 13.7 Å². The van der Waals surface area contributed by atoms with Gasteiger partial charge in [0.25, 0.3) is 0 Å². The van der Waals surface area contributed by atoms with Gasteiger partial charge in [0.1, 0.15) is 19.3 Å². The van der Waals surface area contributed by atoms with Gasteiger partial charge in [0, 0.05) is 14.0 Å². The fourth-order valence-corrected chi connectivity index (χ4v) is 1.18. The SMILES string of the molecule is CNC(=O)OCCn1c([N+](=O)[O-])cnc1C. The molecule has 88 valence electrons. The van der Waals surface area contributed by atoms with Crippen LogP contribution in [0.5, 0.6) is 0 Å². The standard InChI is InChI=1S/C8H12N4O4/c1-6-10-5-7(12(14)15)11(6)3-4-16-8(13)9-2/h5H,3-4H2,1-2H3,(H,9,13). The van der Waals surface area contributed by atoms with Crippen LogP contribution in [0.15, 0.2) is 6.20 Å². The molecule has 0 saturated carbocycles. The largest absolute Gasteiger partial charge is 0.445 e. The highest BCUT2D eigenvalue weighted by Crippen LogP contribution is 2.12. The van der Waals surface area contributed by atoms with Crippen molar-refractivity contribution in [2.24, 2.45) is 0 Å². The normalized spacial score (nSPS) is 9.88. The maximum Gasteiger partial charge on any atom is 0.407 e. The molecule has 0 radical (unpaired) electrons. The Bertz CT molecular complexity index is 401. The number of carbonyl (C=O) groups excluding carboxylic acids is 1. The van der Waals surface area contributed by atoms with E-state index in [9.17, 15) is 14.9 Å². The summed E-state index contributed by atoms with van der Waals surface area (Å²) in [6.07, 6.45) is 0.607. The van der Waals surface area contributed by atoms with Crippen LogP contribution in [0.25, 0.3) is 0 Å². The fourth-order valence-electron chi connectivity index (χ4n) is 1.18. The van der Waals surface area contributed by atoms with E-state index in [1.807, 2.05) is 0 Å². The van der Waals surface area contributed by atoms with Gasteiger partial charge in [0.05, 0.1) is 0 Å². The van der Waals surface area contributed by atoms with Crippen molar-refractivity contribution in [3.05, 3.63) is 22.1 Å². The molecule has 0 aliphatic carbocycles.